The summed E-state index contributed by atoms with van der Waals surface area (Å²) in [4.78, 5) is 37.1. The van der Waals surface area contributed by atoms with Gasteiger partial charge in [0.1, 0.15) is 12.1 Å². The molecule has 3 amide bonds. The van der Waals surface area contributed by atoms with Gasteiger partial charge in [-0.15, -0.1) is 0 Å². The Morgan fingerprint density at radius 2 is 1.74 bits per heavy atom. The average Bonchev–Trinajstić information content (AvgIpc) is 2.90. The lowest BCUT2D eigenvalue weighted by Gasteiger charge is -2.26. The maximum Gasteiger partial charge on any atom is 0.407 e. The summed E-state index contributed by atoms with van der Waals surface area (Å²) in [6.07, 6.45) is -0.864. The molecule has 8 heteroatoms. The summed E-state index contributed by atoms with van der Waals surface area (Å²) in [6.45, 7) is 8.20. The number of carbonyl (C=O) groups is 3. The number of ether oxygens (including phenoxy) is 2. The van der Waals surface area contributed by atoms with Gasteiger partial charge in [-0.2, -0.15) is 0 Å². The predicted octanol–water partition coefficient (Wildman–Crippen LogP) is 1.10. The number of carbonyl (C=O) groups excluding carboxylic acids is 3. The molecule has 0 aromatic rings. The molecule has 0 aromatic heterocycles. The Morgan fingerprint density at radius 3 is 2.26 bits per heavy atom. The van der Waals surface area contributed by atoms with Crippen LogP contribution in [0.3, 0.4) is 0 Å². The number of nitrogens with zero attached hydrogens (tertiary/aromatic N) is 1. The first-order chi connectivity index (χ1) is 10.7. The van der Waals surface area contributed by atoms with E-state index in [1.54, 1.807) is 4.90 Å². The molecule has 0 radical (unpaired) electrons. The van der Waals surface area contributed by atoms with Crippen LogP contribution in [0.4, 0.5) is 9.59 Å². The monoisotopic (exact) mass is 329 g/mol. The van der Waals surface area contributed by atoms with Crippen molar-refractivity contribution >= 4 is 18.1 Å². The summed E-state index contributed by atoms with van der Waals surface area (Å²) in [5.74, 6) is -0.272. The van der Waals surface area contributed by atoms with Crippen molar-refractivity contribution in [1.29, 1.82) is 0 Å². The smallest absolute Gasteiger partial charge is 0.407 e. The van der Waals surface area contributed by atoms with E-state index in [0.717, 1.165) is 0 Å². The number of likely N-dealkylation sites (tertiary alicyclic amines) is 1. The Bertz CT molecular complexity index is 439. The van der Waals surface area contributed by atoms with E-state index in [4.69, 9.17) is 4.74 Å². The van der Waals surface area contributed by atoms with E-state index in [1.165, 1.54) is 7.11 Å². The molecule has 1 saturated heterocycles. The fourth-order valence-corrected chi connectivity index (χ4v) is 2.34. The molecule has 0 bridgehead atoms. The van der Waals surface area contributed by atoms with E-state index in [1.807, 2.05) is 27.7 Å². The molecule has 2 atom stereocenters. The maximum atomic E-state index is 12.5. The topological polar surface area (TPSA) is 97.0 Å². The zero-order valence-corrected chi connectivity index (χ0v) is 14.4. The minimum atomic E-state index is -0.661. The third-order valence-electron chi connectivity index (χ3n) is 3.53. The molecule has 0 unspecified atom stereocenters. The SMILES string of the molecule is COC(=O)N[C@H](C(=O)N1CC[C@H](OC(=O)NC(C)C)C1)C(C)C. The second-order valence-corrected chi connectivity index (χ2v) is 6.26. The first-order valence-electron chi connectivity index (χ1n) is 7.85. The average molecular weight is 329 g/mol. The third-order valence-corrected chi connectivity index (χ3v) is 3.53. The summed E-state index contributed by atoms with van der Waals surface area (Å²) >= 11 is 0. The zero-order valence-electron chi connectivity index (χ0n) is 14.4. The molecule has 8 nitrogen and oxygen atoms in total. The van der Waals surface area contributed by atoms with Crippen LogP contribution in [0.5, 0.6) is 0 Å². The van der Waals surface area contributed by atoms with E-state index in [2.05, 4.69) is 15.4 Å². The van der Waals surface area contributed by atoms with Crippen molar-refractivity contribution in [3.8, 4) is 0 Å². The summed E-state index contributed by atoms with van der Waals surface area (Å²) in [5, 5.41) is 5.20. The van der Waals surface area contributed by atoms with Gasteiger partial charge in [0.25, 0.3) is 0 Å². The lowest BCUT2D eigenvalue weighted by atomic mass is 10.0. The highest BCUT2D eigenvalue weighted by atomic mass is 16.6. The number of rotatable bonds is 5. The van der Waals surface area contributed by atoms with Crippen molar-refractivity contribution in [1.82, 2.24) is 15.5 Å². The van der Waals surface area contributed by atoms with Gasteiger partial charge < -0.3 is 25.0 Å². The van der Waals surface area contributed by atoms with Gasteiger partial charge in [-0.25, -0.2) is 9.59 Å². The number of nitrogens with one attached hydrogen (secondary N) is 2. The molecular formula is C15H27N3O5. The Balaban J connectivity index is 2.57. The van der Waals surface area contributed by atoms with Gasteiger partial charge in [0.15, 0.2) is 0 Å². The molecule has 1 rings (SSSR count). The Kier molecular flexibility index (Phi) is 7.12. The molecule has 1 aliphatic heterocycles. The molecule has 1 heterocycles. The van der Waals surface area contributed by atoms with Crippen molar-refractivity contribution in [2.75, 3.05) is 20.2 Å². The zero-order chi connectivity index (χ0) is 17.6. The van der Waals surface area contributed by atoms with Crippen molar-refractivity contribution in [3.05, 3.63) is 0 Å². The van der Waals surface area contributed by atoms with Crippen LogP contribution >= 0.6 is 0 Å². The van der Waals surface area contributed by atoms with Crippen molar-refractivity contribution in [3.63, 3.8) is 0 Å². The van der Waals surface area contributed by atoms with E-state index in [-0.39, 0.29) is 24.0 Å². The highest BCUT2D eigenvalue weighted by molar-refractivity contribution is 5.86. The number of hydrogen-bond donors (Lipinski definition) is 2. The Hall–Kier alpha value is -1.99. The Labute approximate surface area is 136 Å². The molecule has 0 saturated carbocycles. The maximum absolute atomic E-state index is 12.5. The van der Waals surface area contributed by atoms with Crippen LogP contribution in [-0.2, 0) is 14.3 Å². The fourth-order valence-electron chi connectivity index (χ4n) is 2.34. The van der Waals surface area contributed by atoms with Crippen molar-refractivity contribution in [2.45, 2.75) is 52.3 Å². The minimum absolute atomic E-state index is 0.00350. The van der Waals surface area contributed by atoms with Gasteiger partial charge in [-0.3, -0.25) is 4.79 Å². The molecule has 0 spiro atoms. The number of hydrogen-bond acceptors (Lipinski definition) is 5. The highest BCUT2D eigenvalue weighted by Crippen LogP contribution is 2.16. The fraction of sp³-hybridized carbons (Fsp3) is 0.800. The molecule has 0 aliphatic carbocycles. The normalized spacial score (nSPS) is 18.7. The van der Waals surface area contributed by atoms with E-state index >= 15 is 0 Å². The van der Waals surface area contributed by atoms with Gasteiger partial charge >= 0.3 is 12.2 Å². The molecule has 0 aromatic carbocycles. The van der Waals surface area contributed by atoms with Gasteiger partial charge in [0.2, 0.25) is 5.91 Å². The molecular weight excluding hydrogens is 302 g/mol. The molecule has 2 N–H and O–H groups in total. The molecule has 1 fully saturated rings. The highest BCUT2D eigenvalue weighted by Gasteiger charge is 2.34. The van der Waals surface area contributed by atoms with Crippen LogP contribution in [0.2, 0.25) is 0 Å². The standard InChI is InChI=1S/C15H27N3O5/c1-9(2)12(17-14(20)22-5)13(19)18-7-6-11(8-18)23-15(21)16-10(3)4/h9-12H,6-8H2,1-5H3,(H,16,21)(H,17,20)/t11-,12-/m0/s1. The van der Waals surface area contributed by atoms with Gasteiger partial charge in [-0.05, 0) is 19.8 Å². The Morgan fingerprint density at radius 1 is 1.09 bits per heavy atom. The first-order valence-corrected chi connectivity index (χ1v) is 7.85. The van der Waals surface area contributed by atoms with Gasteiger partial charge in [0.05, 0.1) is 13.7 Å². The number of methoxy groups -OCH3 is 1. The van der Waals surface area contributed by atoms with Crippen LogP contribution in [0.25, 0.3) is 0 Å². The van der Waals surface area contributed by atoms with Gasteiger partial charge in [-0.1, -0.05) is 13.8 Å². The summed E-state index contributed by atoms with van der Waals surface area (Å²) in [5.41, 5.74) is 0. The number of amides is 3. The molecule has 23 heavy (non-hydrogen) atoms. The quantitative estimate of drug-likeness (QED) is 0.787. The second kappa shape index (κ2) is 8.59. The van der Waals surface area contributed by atoms with E-state index < -0.39 is 18.2 Å². The largest absolute Gasteiger partial charge is 0.453 e. The van der Waals surface area contributed by atoms with E-state index in [9.17, 15) is 14.4 Å². The number of alkyl carbamates (subject to hydrolysis) is 2. The summed E-state index contributed by atoms with van der Waals surface area (Å²) in [6, 6.07) is -0.665. The van der Waals surface area contributed by atoms with Gasteiger partial charge in [0, 0.05) is 19.0 Å². The van der Waals surface area contributed by atoms with Crippen LogP contribution < -0.4 is 10.6 Å². The summed E-state index contributed by atoms with van der Waals surface area (Å²) < 4.78 is 9.85. The van der Waals surface area contributed by atoms with Crippen molar-refractivity contribution in [2.24, 2.45) is 5.92 Å². The molecule has 132 valence electrons. The van der Waals surface area contributed by atoms with Crippen LogP contribution in [-0.4, -0.2) is 61.4 Å². The van der Waals surface area contributed by atoms with Crippen LogP contribution in [0.1, 0.15) is 34.1 Å². The summed E-state index contributed by atoms with van der Waals surface area (Å²) in [7, 11) is 1.25. The first kappa shape index (κ1) is 19.1. The van der Waals surface area contributed by atoms with Crippen LogP contribution in [0, 0.1) is 5.92 Å². The van der Waals surface area contributed by atoms with Crippen LogP contribution in [0.15, 0.2) is 0 Å². The van der Waals surface area contributed by atoms with E-state index in [0.29, 0.717) is 19.5 Å². The predicted molar refractivity (Wildman–Crippen MR) is 83.9 cm³/mol. The van der Waals surface area contributed by atoms with Crippen molar-refractivity contribution < 1.29 is 23.9 Å². The second-order valence-electron chi connectivity index (χ2n) is 6.26. The minimum Gasteiger partial charge on any atom is -0.453 e. The lowest BCUT2D eigenvalue weighted by molar-refractivity contribution is -0.133. The molecule has 1 aliphatic rings. The lowest BCUT2D eigenvalue weighted by Crippen LogP contribution is -2.51. The third kappa shape index (κ3) is 5.96.